The molecule has 2 N–H and O–H groups in total. The average Bonchev–Trinajstić information content (AvgIpc) is 3.42. The maximum absolute atomic E-state index is 5.52. The van der Waals surface area contributed by atoms with Crippen molar-refractivity contribution in [2.75, 3.05) is 21.3 Å². The Labute approximate surface area is 162 Å². The van der Waals surface area contributed by atoms with Crippen LogP contribution in [-0.2, 0) is 0 Å². The smallest absolute Gasteiger partial charge is 0.245 e. The third-order valence-electron chi connectivity index (χ3n) is 4.78. The fraction of sp³-hybridized carbons (Fsp3) is 0.300. The van der Waals surface area contributed by atoms with Gasteiger partial charge in [0, 0.05) is 6.04 Å². The summed E-state index contributed by atoms with van der Waals surface area (Å²) in [5.41, 5.74) is 8.36. The van der Waals surface area contributed by atoms with E-state index in [0.29, 0.717) is 28.8 Å². The van der Waals surface area contributed by atoms with Crippen molar-refractivity contribution >= 4 is 0 Å². The predicted molar refractivity (Wildman–Crippen MR) is 102 cm³/mol. The number of benzene rings is 2. The molecular formula is C20H22N4O4. The number of nitrogens with zero attached hydrogens (tertiary/aromatic N) is 2. The topological polar surface area (TPSA) is 90.7 Å². The third kappa shape index (κ3) is 3.39. The SMILES string of the molecule is COc1cccc(C2CC(c3nc(-c4cccc(OC)c4OC)no3)NN2)c1. The Morgan fingerprint density at radius 3 is 2.57 bits per heavy atom. The van der Waals surface area contributed by atoms with Gasteiger partial charge in [-0.05, 0) is 36.2 Å². The summed E-state index contributed by atoms with van der Waals surface area (Å²) in [5.74, 6) is 2.98. The van der Waals surface area contributed by atoms with E-state index in [9.17, 15) is 0 Å². The summed E-state index contributed by atoms with van der Waals surface area (Å²) in [5, 5.41) is 4.13. The molecule has 146 valence electrons. The second-order valence-corrected chi connectivity index (χ2v) is 6.40. The van der Waals surface area contributed by atoms with Crippen molar-refractivity contribution in [2.45, 2.75) is 18.5 Å². The Morgan fingerprint density at radius 2 is 1.79 bits per heavy atom. The quantitative estimate of drug-likeness (QED) is 0.672. The molecule has 2 unspecified atom stereocenters. The molecule has 2 aromatic carbocycles. The lowest BCUT2D eigenvalue weighted by atomic mass is 10.0. The first-order valence-corrected chi connectivity index (χ1v) is 8.93. The van der Waals surface area contributed by atoms with Crippen LogP contribution in [0.4, 0.5) is 0 Å². The largest absolute Gasteiger partial charge is 0.497 e. The van der Waals surface area contributed by atoms with Gasteiger partial charge in [0.05, 0.1) is 26.9 Å². The standard InChI is InChI=1S/C20H22N4O4/c1-25-13-7-4-6-12(10-13)15-11-16(23-22-15)20-21-19(24-28-20)14-8-5-9-17(26-2)18(14)27-3/h4-10,15-16,22-23H,11H2,1-3H3. The summed E-state index contributed by atoms with van der Waals surface area (Å²) in [6.07, 6.45) is 0.768. The fourth-order valence-corrected chi connectivity index (χ4v) is 3.34. The first-order chi connectivity index (χ1) is 13.7. The lowest BCUT2D eigenvalue weighted by Crippen LogP contribution is -2.26. The minimum Gasteiger partial charge on any atom is -0.497 e. The molecule has 4 rings (SSSR count). The number of hydrazine groups is 1. The molecule has 1 fully saturated rings. The van der Waals surface area contributed by atoms with Gasteiger partial charge in [0.2, 0.25) is 11.7 Å². The van der Waals surface area contributed by atoms with Gasteiger partial charge < -0.3 is 18.7 Å². The van der Waals surface area contributed by atoms with Crippen LogP contribution in [0.5, 0.6) is 17.2 Å². The summed E-state index contributed by atoms with van der Waals surface area (Å²) in [4.78, 5) is 4.57. The van der Waals surface area contributed by atoms with Gasteiger partial charge in [-0.15, -0.1) is 0 Å². The molecule has 0 saturated carbocycles. The molecule has 1 aliphatic rings. The molecule has 8 heteroatoms. The highest BCUT2D eigenvalue weighted by Crippen LogP contribution is 2.37. The van der Waals surface area contributed by atoms with Gasteiger partial charge in [-0.2, -0.15) is 4.98 Å². The lowest BCUT2D eigenvalue weighted by molar-refractivity contribution is 0.339. The van der Waals surface area contributed by atoms with Gasteiger partial charge in [-0.1, -0.05) is 23.4 Å². The number of nitrogens with one attached hydrogen (secondary N) is 2. The van der Waals surface area contributed by atoms with Crippen molar-refractivity contribution in [3.63, 3.8) is 0 Å². The van der Waals surface area contributed by atoms with E-state index in [1.165, 1.54) is 0 Å². The van der Waals surface area contributed by atoms with Gasteiger partial charge in [0.15, 0.2) is 11.5 Å². The second-order valence-electron chi connectivity index (χ2n) is 6.40. The van der Waals surface area contributed by atoms with Crippen molar-refractivity contribution in [3.05, 3.63) is 53.9 Å². The zero-order valence-corrected chi connectivity index (χ0v) is 15.9. The number of hydrogen-bond acceptors (Lipinski definition) is 8. The predicted octanol–water partition coefficient (Wildman–Crippen LogP) is 3.04. The van der Waals surface area contributed by atoms with Gasteiger partial charge >= 0.3 is 0 Å². The van der Waals surface area contributed by atoms with Gasteiger partial charge in [0.25, 0.3) is 0 Å². The molecule has 2 heterocycles. The van der Waals surface area contributed by atoms with Crippen LogP contribution in [-0.4, -0.2) is 31.5 Å². The van der Waals surface area contributed by atoms with Crippen LogP contribution < -0.4 is 25.1 Å². The molecule has 1 saturated heterocycles. The highest BCUT2D eigenvalue weighted by atomic mass is 16.5. The zero-order chi connectivity index (χ0) is 19.5. The van der Waals surface area contributed by atoms with E-state index < -0.39 is 0 Å². The maximum Gasteiger partial charge on any atom is 0.245 e. The normalized spacial score (nSPS) is 18.8. The second kappa shape index (κ2) is 7.87. The monoisotopic (exact) mass is 382 g/mol. The van der Waals surface area contributed by atoms with Crippen LogP contribution in [0, 0.1) is 0 Å². The maximum atomic E-state index is 5.52. The van der Waals surface area contributed by atoms with E-state index in [2.05, 4.69) is 27.1 Å². The Bertz CT molecular complexity index is 959. The Kier molecular flexibility index (Phi) is 5.14. The van der Waals surface area contributed by atoms with E-state index in [1.54, 1.807) is 21.3 Å². The van der Waals surface area contributed by atoms with Crippen molar-refractivity contribution in [1.29, 1.82) is 0 Å². The van der Waals surface area contributed by atoms with Crippen LogP contribution in [0.1, 0.15) is 30.0 Å². The van der Waals surface area contributed by atoms with Crippen LogP contribution >= 0.6 is 0 Å². The van der Waals surface area contributed by atoms with E-state index in [1.807, 2.05) is 36.4 Å². The summed E-state index contributed by atoms with van der Waals surface area (Å²) < 4.78 is 21.6. The minimum absolute atomic E-state index is 0.103. The molecular weight excluding hydrogens is 360 g/mol. The summed E-state index contributed by atoms with van der Waals surface area (Å²) in [6, 6.07) is 13.5. The molecule has 0 spiro atoms. The molecule has 0 amide bonds. The number of aromatic nitrogens is 2. The highest BCUT2D eigenvalue weighted by Gasteiger charge is 2.31. The molecule has 3 aromatic rings. The van der Waals surface area contributed by atoms with Crippen molar-refractivity contribution in [1.82, 2.24) is 21.0 Å². The number of methoxy groups -OCH3 is 3. The molecule has 0 aliphatic carbocycles. The van der Waals surface area contributed by atoms with Crippen molar-refractivity contribution < 1.29 is 18.7 Å². The Hall–Kier alpha value is -3.10. The van der Waals surface area contributed by atoms with Crippen LogP contribution in [0.15, 0.2) is 47.0 Å². The number of para-hydroxylation sites is 1. The highest BCUT2D eigenvalue weighted by molar-refractivity contribution is 5.68. The molecule has 1 aliphatic heterocycles. The molecule has 0 radical (unpaired) electrons. The van der Waals surface area contributed by atoms with Crippen molar-refractivity contribution in [3.8, 4) is 28.6 Å². The van der Waals surface area contributed by atoms with E-state index in [-0.39, 0.29) is 12.1 Å². The van der Waals surface area contributed by atoms with E-state index >= 15 is 0 Å². The van der Waals surface area contributed by atoms with Crippen LogP contribution in [0.25, 0.3) is 11.4 Å². The number of rotatable bonds is 6. The molecule has 1 aromatic heterocycles. The summed E-state index contributed by atoms with van der Waals surface area (Å²) >= 11 is 0. The molecule has 0 bridgehead atoms. The van der Waals surface area contributed by atoms with Crippen molar-refractivity contribution in [2.24, 2.45) is 0 Å². The summed E-state index contributed by atoms with van der Waals surface area (Å²) in [6.45, 7) is 0. The van der Waals surface area contributed by atoms with Crippen LogP contribution in [0.3, 0.4) is 0 Å². The van der Waals surface area contributed by atoms with Gasteiger partial charge in [-0.3, -0.25) is 0 Å². The van der Waals surface area contributed by atoms with E-state index in [0.717, 1.165) is 17.7 Å². The Balaban J connectivity index is 1.54. The number of hydrogen-bond donors (Lipinski definition) is 2. The van der Waals surface area contributed by atoms with Crippen LogP contribution in [0.2, 0.25) is 0 Å². The fourth-order valence-electron chi connectivity index (χ4n) is 3.34. The minimum atomic E-state index is -0.103. The molecule has 2 atom stereocenters. The lowest BCUT2D eigenvalue weighted by Gasteiger charge is -2.10. The summed E-state index contributed by atoms with van der Waals surface area (Å²) in [7, 11) is 4.84. The first kappa shape index (κ1) is 18.3. The average molecular weight is 382 g/mol. The van der Waals surface area contributed by atoms with Gasteiger partial charge in [-0.25, -0.2) is 10.9 Å². The van der Waals surface area contributed by atoms with Gasteiger partial charge in [0.1, 0.15) is 11.8 Å². The third-order valence-corrected chi connectivity index (χ3v) is 4.78. The first-order valence-electron chi connectivity index (χ1n) is 8.93. The molecule has 28 heavy (non-hydrogen) atoms. The number of ether oxygens (including phenoxy) is 3. The Morgan fingerprint density at radius 1 is 0.964 bits per heavy atom. The zero-order valence-electron chi connectivity index (χ0n) is 15.9. The van der Waals surface area contributed by atoms with E-state index in [4.69, 9.17) is 18.7 Å². The molecule has 8 nitrogen and oxygen atoms in total.